The van der Waals surface area contributed by atoms with Gasteiger partial charge in [0, 0.05) is 17.9 Å². The topological polar surface area (TPSA) is 67.4 Å². The van der Waals surface area contributed by atoms with Crippen LogP contribution in [-0.4, -0.2) is 22.1 Å². The molecule has 0 heterocycles. The first-order valence-corrected chi connectivity index (χ1v) is 8.54. The summed E-state index contributed by atoms with van der Waals surface area (Å²) in [4.78, 5) is 0.196. The number of methoxy groups -OCH3 is 1. The highest BCUT2D eigenvalue weighted by atomic mass is 32.2. The number of rotatable bonds is 7. The van der Waals surface area contributed by atoms with Crippen LogP contribution in [0.15, 0.2) is 53.4 Å². The number of nitrogens with one attached hydrogen (secondary N) is 2. The van der Waals surface area contributed by atoms with Gasteiger partial charge in [-0.25, -0.2) is 8.42 Å². The van der Waals surface area contributed by atoms with E-state index in [9.17, 15) is 8.42 Å². The van der Waals surface area contributed by atoms with Crippen LogP contribution in [0.4, 0.5) is 11.4 Å². The fourth-order valence-corrected chi connectivity index (χ4v) is 2.95. The van der Waals surface area contributed by atoms with Gasteiger partial charge in [-0.05, 0) is 55.0 Å². The van der Waals surface area contributed by atoms with Crippen molar-refractivity contribution in [1.29, 1.82) is 0 Å². The molecule has 0 aliphatic heterocycles. The standard InChI is InChI=1S/C16H20N2O3S/c1-3-12-17-13-4-6-14(7-5-13)18-22(19,20)16-10-8-15(21-2)9-11-16/h4-11,17-18H,3,12H2,1-2H3. The molecule has 0 aliphatic rings. The molecule has 0 aromatic heterocycles. The third-order valence-electron chi connectivity index (χ3n) is 3.09. The normalized spacial score (nSPS) is 11.0. The summed E-state index contributed by atoms with van der Waals surface area (Å²) in [7, 11) is -2.06. The Morgan fingerprint density at radius 2 is 1.55 bits per heavy atom. The molecule has 0 atom stereocenters. The molecule has 0 amide bonds. The van der Waals surface area contributed by atoms with E-state index >= 15 is 0 Å². The van der Waals surface area contributed by atoms with Crippen LogP contribution in [0.5, 0.6) is 5.75 Å². The molecular weight excluding hydrogens is 300 g/mol. The Morgan fingerprint density at radius 3 is 2.09 bits per heavy atom. The molecule has 0 bridgehead atoms. The Hall–Kier alpha value is -2.21. The van der Waals surface area contributed by atoms with Crippen molar-refractivity contribution in [3.05, 3.63) is 48.5 Å². The Balaban J connectivity index is 2.10. The molecule has 2 rings (SSSR count). The van der Waals surface area contributed by atoms with Crippen molar-refractivity contribution in [2.45, 2.75) is 18.2 Å². The quantitative estimate of drug-likeness (QED) is 0.821. The maximum absolute atomic E-state index is 12.3. The molecule has 6 heteroatoms. The highest BCUT2D eigenvalue weighted by Crippen LogP contribution is 2.20. The second-order valence-electron chi connectivity index (χ2n) is 4.79. The van der Waals surface area contributed by atoms with Crippen molar-refractivity contribution in [2.75, 3.05) is 23.7 Å². The number of ether oxygens (including phenoxy) is 1. The zero-order chi connectivity index (χ0) is 16.0. The number of hydrogen-bond acceptors (Lipinski definition) is 4. The fraction of sp³-hybridized carbons (Fsp3) is 0.250. The highest BCUT2D eigenvalue weighted by Gasteiger charge is 2.14. The molecule has 0 radical (unpaired) electrons. The number of hydrogen-bond donors (Lipinski definition) is 2. The fourth-order valence-electron chi connectivity index (χ4n) is 1.89. The van der Waals surface area contributed by atoms with Gasteiger partial charge >= 0.3 is 0 Å². The molecule has 0 saturated carbocycles. The third-order valence-corrected chi connectivity index (χ3v) is 4.48. The van der Waals surface area contributed by atoms with Gasteiger partial charge in [-0.15, -0.1) is 0 Å². The van der Waals surface area contributed by atoms with Crippen LogP contribution >= 0.6 is 0 Å². The van der Waals surface area contributed by atoms with E-state index in [1.54, 1.807) is 24.3 Å². The SMILES string of the molecule is CCCNc1ccc(NS(=O)(=O)c2ccc(OC)cc2)cc1. The molecule has 0 aliphatic carbocycles. The van der Waals surface area contributed by atoms with E-state index in [4.69, 9.17) is 4.74 Å². The van der Waals surface area contributed by atoms with Crippen molar-refractivity contribution in [2.24, 2.45) is 0 Å². The monoisotopic (exact) mass is 320 g/mol. The van der Waals surface area contributed by atoms with Gasteiger partial charge in [-0.3, -0.25) is 4.72 Å². The lowest BCUT2D eigenvalue weighted by Gasteiger charge is -2.10. The summed E-state index contributed by atoms with van der Waals surface area (Å²) in [5, 5.41) is 3.24. The summed E-state index contributed by atoms with van der Waals surface area (Å²) in [5.74, 6) is 0.616. The zero-order valence-corrected chi connectivity index (χ0v) is 13.5. The van der Waals surface area contributed by atoms with E-state index < -0.39 is 10.0 Å². The van der Waals surface area contributed by atoms with Crippen LogP contribution in [0.2, 0.25) is 0 Å². The summed E-state index contributed by atoms with van der Waals surface area (Å²) in [6.45, 7) is 2.97. The van der Waals surface area contributed by atoms with Crippen LogP contribution in [-0.2, 0) is 10.0 Å². The van der Waals surface area contributed by atoms with Crippen LogP contribution in [0, 0.1) is 0 Å². The Labute approximate surface area is 131 Å². The van der Waals surface area contributed by atoms with E-state index in [1.807, 2.05) is 12.1 Å². The van der Waals surface area contributed by atoms with Crippen LogP contribution in [0.3, 0.4) is 0 Å². The van der Waals surface area contributed by atoms with E-state index in [0.717, 1.165) is 18.7 Å². The predicted octanol–water partition coefficient (Wildman–Crippen LogP) is 3.32. The van der Waals surface area contributed by atoms with Gasteiger partial charge in [-0.1, -0.05) is 6.92 Å². The minimum atomic E-state index is -3.59. The lowest BCUT2D eigenvalue weighted by Crippen LogP contribution is -2.12. The first kappa shape index (κ1) is 16.2. The minimum absolute atomic E-state index is 0.196. The Bertz CT molecular complexity index is 695. The molecule has 0 fully saturated rings. The lowest BCUT2D eigenvalue weighted by molar-refractivity contribution is 0.414. The number of anilines is 2. The van der Waals surface area contributed by atoms with Gasteiger partial charge < -0.3 is 10.1 Å². The van der Waals surface area contributed by atoms with Crippen LogP contribution in [0.1, 0.15) is 13.3 Å². The van der Waals surface area contributed by atoms with Gasteiger partial charge in [0.25, 0.3) is 10.0 Å². The molecule has 5 nitrogen and oxygen atoms in total. The first-order valence-electron chi connectivity index (χ1n) is 7.06. The smallest absolute Gasteiger partial charge is 0.261 e. The lowest BCUT2D eigenvalue weighted by atomic mass is 10.3. The van der Waals surface area contributed by atoms with Crippen molar-refractivity contribution in [1.82, 2.24) is 0 Å². The maximum Gasteiger partial charge on any atom is 0.261 e. The Morgan fingerprint density at radius 1 is 0.955 bits per heavy atom. The summed E-state index contributed by atoms with van der Waals surface area (Å²) in [6.07, 6.45) is 1.03. The first-order chi connectivity index (χ1) is 10.5. The third kappa shape index (κ3) is 4.14. The summed E-state index contributed by atoms with van der Waals surface area (Å²) in [6, 6.07) is 13.4. The van der Waals surface area contributed by atoms with E-state index in [-0.39, 0.29) is 4.90 Å². The van der Waals surface area contributed by atoms with Gasteiger partial charge in [0.1, 0.15) is 5.75 Å². The molecule has 0 saturated heterocycles. The summed E-state index contributed by atoms with van der Waals surface area (Å²) < 4.78 is 32.2. The average molecular weight is 320 g/mol. The molecule has 0 unspecified atom stereocenters. The van der Waals surface area contributed by atoms with Gasteiger partial charge in [-0.2, -0.15) is 0 Å². The van der Waals surface area contributed by atoms with Gasteiger partial charge in [0.2, 0.25) is 0 Å². The second kappa shape index (κ2) is 7.17. The highest BCUT2D eigenvalue weighted by molar-refractivity contribution is 7.92. The zero-order valence-electron chi connectivity index (χ0n) is 12.7. The number of sulfonamides is 1. The molecule has 118 valence electrons. The molecule has 2 aromatic rings. The average Bonchev–Trinajstić information content (AvgIpc) is 2.54. The minimum Gasteiger partial charge on any atom is -0.497 e. The van der Waals surface area contributed by atoms with Gasteiger partial charge in [0.05, 0.1) is 12.0 Å². The second-order valence-corrected chi connectivity index (χ2v) is 6.47. The van der Waals surface area contributed by atoms with E-state index in [1.165, 1.54) is 19.2 Å². The van der Waals surface area contributed by atoms with Crippen molar-refractivity contribution < 1.29 is 13.2 Å². The molecule has 2 N–H and O–H groups in total. The molecular formula is C16H20N2O3S. The van der Waals surface area contributed by atoms with Crippen LogP contribution < -0.4 is 14.8 Å². The maximum atomic E-state index is 12.3. The van der Waals surface area contributed by atoms with Crippen molar-refractivity contribution in [3.8, 4) is 5.75 Å². The molecule has 0 spiro atoms. The van der Waals surface area contributed by atoms with E-state index in [0.29, 0.717) is 11.4 Å². The van der Waals surface area contributed by atoms with Crippen LogP contribution in [0.25, 0.3) is 0 Å². The van der Waals surface area contributed by atoms with E-state index in [2.05, 4.69) is 17.0 Å². The summed E-state index contributed by atoms with van der Waals surface area (Å²) >= 11 is 0. The van der Waals surface area contributed by atoms with Crippen molar-refractivity contribution >= 4 is 21.4 Å². The molecule has 22 heavy (non-hydrogen) atoms. The molecule has 2 aromatic carbocycles. The van der Waals surface area contributed by atoms with Gasteiger partial charge in [0.15, 0.2) is 0 Å². The van der Waals surface area contributed by atoms with Crippen molar-refractivity contribution in [3.63, 3.8) is 0 Å². The number of benzene rings is 2. The predicted molar refractivity (Wildman–Crippen MR) is 89.0 cm³/mol. The Kier molecular flexibility index (Phi) is 5.27. The summed E-state index contributed by atoms with van der Waals surface area (Å²) in [5.41, 5.74) is 1.49. The largest absolute Gasteiger partial charge is 0.497 e.